The minimum absolute atomic E-state index is 0.0319. The quantitative estimate of drug-likeness (QED) is 0.424. The molecule has 0 aliphatic carbocycles. The van der Waals surface area contributed by atoms with Crippen molar-refractivity contribution in [2.45, 2.75) is 6.42 Å². The van der Waals surface area contributed by atoms with E-state index in [0.29, 0.717) is 11.1 Å². The van der Waals surface area contributed by atoms with Crippen molar-refractivity contribution >= 4 is 17.8 Å². The summed E-state index contributed by atoms with van der Waals surface area (Å²) in [5.41, 5.74) is 1.00. The molecule has 0 aromatic heterocycles. The van der Waals surface area contributed by atoms with Crippen LogP contribution >= 0.6 is 0 Å². The van der Waals surface area contributed by atoms with Crippen LogP contribution in [-0.4, -0.2) is 34.2 Å². The molecule has 0 spiro atoms. The van der Waals surface area contributed by atoms with Gasteiger partial charge in [-0.2, -0.15) is 0 Å². The van der Waals surface area contributed by atoms with E-state index in [9.17, 15) is 24.9 Å². The lowest BCUT2D eigenvalue weighted by molar-refractivity contribution is -0.111. The highest BCUT2D eigenvalue weighted by molar-refractivity contribution is 6.11. The highest BCUT2D eigenvalue weighted by Gasteiger charge is 2.11. The number of phenolic OH excluding ortho intramolecular Hbond substituents is 3. The number of benzene rings is 2. The zero-order valence-corrected chi connectivity index (χ0v) is 13.4. The summed E-state index contributed by atoms with van der Waals surface area (Å²) in [5.74, 6) is 0.726. The third-order valence-corrected chi connectivity index (χ3v) is 3.47. The van der Waals surface area contributed by atoms with Gasteiger partial charge in [0.1, 0.15) is 5.94 Å². The minimum atomic E-state index is -0.533. The first-order valence-electron chi connectivity index (χ1n) is 7.29. The number of methoxy groups -OCH3 is 1. The molecule has 2 aromatic rings. The fourth-order valence-corrected chi connectivity index (χ4v) is 2.13. The summed E-state index contributed by atoms with van der Waals surface area (Å²) in [7, 11) is 1.40. The Kier molecular flexibility index (Phi) is 5.61. The fourth-order valence-electron chi connectivity index (χ4n) is 2.13. The van der Waals surface area contributed by atoms with Crippen LogP contribution in [0.25, 0.3) is 6.08 Å². The lowest BCUT2D eigenvalue weighted by atomic mass is 10.0. The molecule has 0 atom stereocenters. The van der Waals surface area contributed by atoms with Crippen molar-refractivity contribution in [3.05, 3.63) is 59.2 Å². The molecule has 128 valence electrons. The largest absolute Gasteiger partial charge is 0.504 e. The van der Waals surface area contributed by atoms with Crippen LogP contribution in [0, 0.1) is 0 Å². The van der Waals surface area contributed by atoms with Gasteiger partial charge < -0.3 is 20.1 Å². The van der Waals surface area contributed by atoms with Crippen LogP contribution in [0.15, 0.2) is 48.0 Å². The number of carbonyl (C=O) groups is 1. The summed E-state index contributed by atoms with van der Waals surface area (Å²) in [5, 5.41) is 28.2. The summed E-state index contributed by atoms with van der Waals surface area (Å²) >= 11 is 0. The number of ether oxygens (including phenoxy) is 1. The number of hydrogen-bond donors (Lipinski definition) is 3. The molecular weight excluding hydrogens is 324 g/mol. The van der Waals surface area contributed by atoms with Gasteiger partial charge in [0.2, 0.25) is 0 Å². The Labute approximate surface area is 143 Å². The molecule has 0 amide bonds. The van der Waals surface area contributed by atoms with Gasteiger partial charge in [-0.25, -0.2) is 4.79 Å². The maximum absolute atomic E-state index is 12.1. The van der Waals surface area contributed by atoms with Gasteiger partial charge in [-0.05, 0) is 41.5 Å². The van der Waals surface area contributed by atoms with E-state index in [-0.39, 0.29) is 35.0 Å². The van der Waals surface area contributed by atoms with Gasteiger partial charge >= 0.3 is 0 Å². The van der Waals surface area contributed by atoms with Crippen molar-refractivity contribution in [3.63, 3.8) is 0 Å². The van der Waals surface area contributed by atoms with Crippen LogP contribution in [0.5, 0.6) is 23.0 Å². The zero-order chi connectivity index (χ0) is 18.4. The topological polar surface area (TPSA) is 104 Å². The molecule has 2 rings (SSSR count). The average molecular weight is 340 g/mol. The number of carbonyl (C=O) groups excluding carboxylic acids is 2. The minimum Gasteiger partial charge on any atom is -0.504 e. The Morgan fingerprint density at radius 1 is 1.08 bits per heavy atom. The van der Waals surface area contributed by atoms with Gasteiger partial charge in [0.25, 0.3) is 0 Å². The van der Waals surface area contributed by atoms with Crippen molar-refractivity contribution < 1.29 is 29.6 Å². The number of aromatic hydroxyl groups is 3. The highest BCUT2D eigenvalue weighted by Crippen LogP contribution is 2.27. The Bertz CT molecular complexity index is 875. The molecule has 0 aliphatic heterocycles. The molecule has 0 saturated carbocycles. The summed E-state index contributed by atoms with van der Waals surface area (Å²) in [6.07, 6.45) is 2.63. The molecular formula is C19H16O6. The predicted molar refractivity (Wildman–Crippen MR) is 91.4 cm³/mol. The zero-order valence-electron chi connectivity index (χ0n) is 13.4. The van der Waals surface area contributed by atoms with E-state index in [1.807, 2.05) is 0 Å². The molecule has 6 heteroatoms. The van der Waals surface area contributed by atoms with Crippen LogP contribution in [-0.2, 0) is 16.0 Å². The Hall–Kier alpha value is -3.50. The van der Waals surface area contributed by atoms with E-state index < -0.39 is 5.78 Å². The van der Waals surface area contributed by atoms with Crippen LogP contribution < -0.4 is 4.74 Å². The Morgan fingerprint density at radius 2 is 1.80 bits per heavy atom. The van der Waals surface area contributed by atoms with Crippen LogP contribution in [0.2, 0.25) is 0 Å². The van der Waals surface area contributed by atoms with E-state index in [0.717, 1.165) is 0 Å². The van der Waals surface area contributed by atoms with Gasteiger partial charge in [0.05, 0.1) is 12.7 Å². The van der Waals surface area contributed by atoms with E-state index in [1.165, 1.54) is 49.6 Å². The number of rotatable bonds is 6. The molecule has 0 bridgehead atoms. The molecule has 0 unspecified atom stereocenters. The number of ketones is 1. The molecule has 0 radical (unpaired) electrons. The van der Waals surface area contributed by atoms with Crippen molar-refractivity contribution in [3.8, 4) is 23.0 Å². The van der Waals surface area contributed by atoms with Gasteiger partial charge in [-0.1, -0.05) is 18.2 Å². The Balaban J connectivity index is 2.14. The molecule has 3 N–H and O–H groups in total. The Morgan fingerprint density at radius 3 is 2.44 bits per heavy atom. The van der Waals surface area contributed by atoms with Gasteiger partial charge in [0.15, 0.2) is 28.8 Å². The second-order valence-electron chi connectivity index (χ2n) is 5.21. The molecule has 0 aliphatic rings. The third kappa shape index (κ3) is 4.50. The maximum atomic E-state index is 12.1. The number of allylic oxidation sites excluding steroid dienone is 2. The SMILES string of the molecule is COc1cc(CC(=C=O)C(=O)/C=C/c2ccc(O)c(O)c2)ccc1O. The van der Waals surface area contributed by atoms with E-state index in [4.69, 9.17) is 4.74 Å². The fraction of sp³-hybridized carbons (Fsp3) is 0.105. The van der Waals surface area contributed by atoms with E-state index in [1.54, 1.807) is 12.0 Å². The summed E-state index contributed by atoms with van der Waals surface area (Å²) in [6.45, 7) is 0. The van der Waals surface area contributed by atoms with Crippen molar-refractivity contribution in [2.75, 3.05) is 7.11 Å². The number of hydrogen-bond acceptors (Lipinski definition) is 6. The van der Waals surface area contributed by atoms with Gasteiger partial charge in [0, 0.05) is 6.42 Å². The van der Waals surface area contributed by atoms with Gasteiger partial charge in [-0.3, -0.25) is 4.79 Å². The molecule has 0 saturated heterocycles. The highest BCUT2D eigenvalue weighted by atomic mass is 16.5. The van der Waals surface area contributed by atoms with E-state index >= 15 is 0 Å². The average Bonchev–Trinajstić information content (AvgIpc) is 2.61. The monoisotopic (exact) mass is 340 g/mol. The lowest BCUT2D eigenvalue weighted by Gasteiger charge is -2.06. The first kappa shape index (κ1) is 17.8. The molecule has 2 aromatic carbocycles. The second-order valence-corrected chi connectivity index (χ2v) is 5.21. The van der Waals surface area contributed by atoms with Crippen LogP contribution in [0.4, 0.5) is 0 Å². The predicted octanol–water partition coefficient (Wildman–Crippen LogP) is 2.40. The summed E-state index contributed by atoms with van der Waals surface area (Å²) < 4.78 is 4.99. The van der Waals surface area contributed by atoms with Crippen LogP contribution in [0.3, 0.4) is 0 Å². The molecule has 0 heterocycles. The standard InChI is InChI=1S/C19H16O6/c1-25-19-10-13(4-7-17(19)23)8-14(11-20)15(21)5-2-12-3-6-16(22)18(24)9-12/h2-7,9-10,22-24H,8H2,1H3/b5-2+. The maximum Gasteiger partial charge on any atom is 0.193 e. The first-order chi connectivity index (χ1) is 11.9. The normalized spacial score (nSPS) is 10.4. The van der Waals surface area contributed by atoms with E-state index in [2.05, 4.69) is 0 Å². The van der Waals surface area contributed by atoms with Crippen molar-refractivity contribution in [1.82, 2.24) is 0 Å². The van der Waals surface area contributed by atoms with Crippen molar-refractivity contribution in [1.29, 1.82) is 0 Å². The van der Waals surface area contributed by atoms with Crippen LogP contribution in [0.1, 0.15) is 11.1 Å². The second kappa shape index (κ2) is 7.86. The molecule has 0 fully saturated rings. The van der Waals surface area contributed by atoms with Gasteiger partial charge in [-0.15, -0.1) is 0 Å². The molecule has 25 heavy (non-hydrogen) atoms. The summed E-state index contributed by atoms with van der Waals surface area (Å²) in [6, 6.07) is 8.60. The molecule has 6 nitrogen and oxygen atoms in total. The first-order valence-corrected chi connectivity index (χ1v) is 7.29. The smallest absolute Gasteiger partial charge is 0.193 e. The lowest BCUT2D eigenvalue weighted by Crippen LogP contribution is -2.03. The summed E-state index contributed by atoms with van der Waals surface area (Å²) in [4.78, 5) is 23.3. The van der Waals surface area contributed by atoms with Crippen molar-refractivity contribution in [2.24, 2.45) is 0 Å². The number of phenols is 3. The third-order valence-electron chi connectivity index (χ3n) is 3.47.